The van der Waals surface area contributed by atoms with Crippen LogP contribution >= 0.6 is 11.3 Å². The molecule has 0 saturated carbocycles. The van der Waals surface area contributed by atoms with E-state index in [2.05, 4.69) is 10.6 Å². The zero-order valence-corrected chi connectivity index (χ0v) is 13.5. The third kappa shape index (κ3) is 4.40. The number of thiophene rings is 1. The van der Waals surface area contributed by atoms with Gasteiger partial charge in [0.1, 0.15) is 5.69 Å². The number of hydrogen-bond acceptors (Lipinski definition) is 4. The van der Waals surface area contributed by atoms with Crippen LogP contribution in [0.1, 0.15) is 11.7 Å². The van der Waals surface area contributed by atoms with E-state index >= 15 is 0 Å². The average molecular weight is 341 g/mol. The van der Waals surface area contributed by atoms with E-state index in [1.165, 1.54) is 30.3 Å². The van der Waals surface area contributed by atoms with E-state index in [0.717, 1.165) is 12.1 Å². The molecule has 8 heteroatoms. The van der Waals surface area contributed by atoms with Crippen LogP contribution in [0.5, 0.6) is 0 Å². The van der Waals surface area contributed by atoms with E-state index in [0.29, 0.717) is 5.56 Å². The molecule has 0 aliphatic carbocycles. The van der Waals surface area contributed by atoms with E-state index in [9.17, 15) is 18.7 Å². The minimum atomic E-state index is -0.836. The van der Waals surface area contributed by atoms with Gasteiger partial charge in [-0.15, -0.1) is 0 Å². The molecule has 0 aliphatic heterocycles. The first-order valence-electron chi connectivity index (χ1n) is 6.80. The van der Waals surface area contributed by atoms with Crippen LogP contribution in [-0.2, 0) is 0 Å². The number of benzene rings is 1. The molecule has 0 unspecified atom stereocenters. The molecule has 0 fully saturated rings. The molecule has 23 heavy (non-hydrogen) atoms. The monoisotopic (exact) mass is 341 g/mol. The van der Waals surface area contributed by atoms with Crippen LogP contribution in [0, 0.1) is 11.6 Å². The van der Waals surface area contributed by atoms with Gasteiger partial charge in [-0.05, 0) is 34.5 Å². The van der Waals surface area contributed by atoms with Crippen LogP contribution in [0.25, 0.3) is 0 Å². The number of nitrogens with one attached hydrogen (secondary N) is 2. The highest BCUT2D eigenvalue weighted by Gasteiger charge is 2.15. The fourth-order valence-electron chi connectivity index (χ4n) is 2.01. The Morgan fingerprint density at radius 1 is 1.35 bits per heavy atom. The number of carbonyl (C=O) groups excluding carboxylic acids is 1. The Kier molecular flexibility index (Phi) is 5.51. The summed E-state index contributed by atoms with van der Waals surface area (Å²) in [5.74, 6) is -1.55. The van der Waals surface area contributed by atoms with Gasteiger partial charge in [0.05, 0.1) is 6.10 Å². The lowest BCUT2D eigenvalue weighted by atomic mass is 10.2. The molecule has 124 valence electrons. The fourth-order valence-corrected chi connectivity index (χ4v) is 2.72. The van der Waals surface area contributed by atoms with Crippen LogP contribution in [0.15, 0.2) is 29.0 Å². The Balaban J connectivity index is 1.95. The van der Waals surface area contributed by atoms with Crippen LogP contribution < -0.4 is 15.5 Å². The summed E-state index contributed by atoms with van der Waals surface area (Å²) in [5, 5.41) is 18.2. The van der Waals surface area contributed by atoms with Gasteiger partial charge in [0.2, 0.25) is 0 Å². The normalized spacial score (nSPS) is 11.9. The maximum absolute atomic E-state index is 13.8. The standard InChI is InChI=1S/C15H17F2N3O2S/c1-20(2)14-11(16)5-10(6-12(14)17)19-15(22)18-7-13(21)9-3-4-23-8-9/h3-6,8,13,21H,7H2,1-2H3,(H2,18,19,22)/t13-/m1/s1. The minimum Gasteiger partial charge on any atom is -0.387 e. The summed E-state index contributed by atoms with van der Waals surface area (Å²) in [6.45, 7) is -0.0106. The molecule has 1 aromatic carbocycles. The number of nitrogens with zero attached hydrogens (tertiary/aromatic N) is 1. The third-order valence-electron chi connectivity index (χ3n) is 3.11. The van der Waals surface area contributed by atoms with Gasteiger partial charge in [-0.2, -0.15) is 11.3 Å². The summed E-state index contributed by atoms with van der Waals surface area (Å²) in [4.78, 5) is 13.1. The SMILES string of the molecule is CN(C)c1c(F)cc(NC(=O)NC[C@@H](O)c2ccsc2)cc1F. The molecule has 1 atom stereocenters. The molecule has 0 aliphatic rings. The van der Waals surface area contributed by atoms with Crippen LogP contribution in [0.4, 0.5) is 25.0 Å². The summed E-state index contributed by atoms with van der Waals surface area (Å²) in [6, 6.07) is 3.16. The molecule has 2 amide bonds. The molecule has 2 aromatic rings. The third-order valence-corrected chi connectivity index (χ3v) is 3.81. The van der Waals surface area contributed by atoms with Gasteiger partial charge in [0.25, 0.3) is 0 Å². The lowest BCUT2D eigenvalue weighted by Gasteiger charge is -2.16. The summed E-state index contributed by atoms with van der Waals surface area (Å²) < 4.78 is 27.6. The molecule has 0 saturated heterocycles. The average Bonchev–Trinajstić information content (AvgIpc) is 2.97. The predicted octanol–water partition coefficient (Wildman–Crippen LogP) is 2.95. The molecule has 0 spiro atoms. The molecule has 1 heterocycles. The number of amides is 2. The largest absolute Gasteiger partial charge is 0.387 e. The van der Waals surface area contributed by atoms with E-state index in [1.807, 2.05) is 5.38 Å². The van der Waals surface area contributed by atoms with Crippen molar-refractivity contribution in [2.75, 3.05) is 30.9 Å². The summed E-state index contributed by atoms with van der Waals surface area (Å²) in [5.41, 5.74) is 0.514. The van der Waals surface area contributed by atoms with Crippen molar-refractivity contribution in [1.82, 2.24) is 5.32 Å². The van der Waals surface area contributed by atoms with Gasteiger partial charge in [0, 0.05) is 26.3 Å². The molecular weight excluding hydrogens is 324 g/mol. The second kappa shape index (κ2) is 7.38. The Labute approximate surface area is 136 Å². The second-order valence-electron chi connectivity index (χ2n) is 5.09. The first-order chi connectivity index (χ1) is 10.9. The first kappa shape index (κ1) is 17.2. The van der Waals surface area contributed by atoms with Crippen molar-refractivity contribution >= 4 is 28.7 Å². The second-order valence-corrected chi connectivity index (χ2v) is 5.87. The van der Waals surface area contributed by atoms with E-state index in [4.69, 9.17) is 0 Å². The van der Waals surface area contributed by atoms with E-state index < -0.39 is 23.8 Å². The van der Waals surface area contributed by atoms with E-state index in [-0.39, 0.29) is 17.9 Å². The quantitative estimate of drug-likeness (QED) is 0.783. The number of carbonyl (C=O) groups is 1. The number of halogens is 2. The molecule has 0 radical (unpaired) electrons. The van der Waals surface area contributed by atoms with Crippen molar-refractivity contribution in [2.45, 2.75) is 6.10 Å². The maximum atomic E-state index is 13.8. The van der Waals surface area contributed by atoms with Crippen LogP contribution in [0.2, 0.25) is 0 Å². The summed E-state index contributed by atoms with van der Waals surface area (Å²) in [6.07, 6.45) is -0.836. The number of aliphatic hydroxyl groups excluding tert-OH is 1. The minimum absolute atomic E-state index is 0.00637. The number of hydrogen-bond donors (Lipinski definition) is 3. The highest BCUT2D eigenvalue weighted by Crippen LogP contribution is 2.25. The van der Waals surface area contributed by atoms with Crippen molar-refractivity contribution in [3.05, 3.63) is 46.2 Å². The Bertz CT molecular complexity index is 654. The fraction of sp³-hybridized carbons (Fsp3) is 0.267. The summed E-state index contributed by atoms with van der Waals surface area (Å²) in [7, 11) is 3.04. The number of aliphatic hydroxyl groups is 1. The maximum Gasteiger partial charge on any atom is 0.319 e. The summed E-state index contributed by atoms with van der Waals surface area (Å²) >= 11 is 1.44. The molecule has 3 N–H and O–H groups in total. The smallest absolute Gasteiger partial charge is 0.319 e. The van der Waals surface area contributed by atoms with Gasteiger partial charge in [-0.1, -0.05) is 0 Å². The van der Waals surface area contributed by atoms with Gasteiger partial charge in [-0.3, -0.25) is 0 Å². The van der Waals surface area contributed by atoms with Crippen molar-refractivity contribution in [2.24, 2.45) is 0 Å². The number of anilines is 2. The Hall–Kier alpha value is -2.19. The van der Waals surface area contributed by atoms with E-state index in [1.54, 1.807) is 11.4 Å². The van der Waals surface area contributed by atoms with Gasteiger partial charge < -0.3 is 20.6 Å². The zero-order chi connectivity index (χ0) is 17.0. The molecular formula is C15H17F2N3O2S. The van der Waals surface area contributed by atoms with Gasteiger partial charge >= 0.3 is 6.03 Å². The molecule has 1 aromatic heterocycles. The van der Waals surface area contributed by atoms with Crippen molar-refractivity contribution < 1.29 is 18.7 Å². The van der Waals surface area contributed by atoms with Crippen LogP contribution in [-0.4, -0.2) is 31.8 Å². The highest BCUT2D eigenvalue weighted by molar-refractivity contribution is 7.07. The highest BCUT2D eigenvalue weighted by atomic mass is 32.1. The molecule has 2 rings (SSSR count). The zero-order valence-electron chi connectivity index (χ0n) is 12.6. The molecule has 0 bridgehead atoms. The van der Waals surface area contributed by atoms with Gasteiger partial charge in [0.15, 0.2) is 11.6 Å². The predicted molar refractivity (Wildman–Crippen MR) is 87.0 cm³/mol. The molecule has 5 nitrogen and oxygen atoms in total. The lowest BCUT2D eigenvalue weighted by Crippen LogP contribution is -2.32. The first-order valence-corrected chi connectivity index (χ1v) is 7.74. The van der Waals surface area contributed by atoms with Crippen molar-refractivity contribution in [3.8, 4) is 0 Å². The Morgan fingerprint density at radius 2 is 2.00 bits per heavy atom. The van der Waals surface area contributed by atoms with Crippen molar-refractivity contribution in [1.29, 1.82) is 0 Å². The lowest BCUT2D eigenvalue weighted by molar-refractivity contribution is 0.175. The van der Waals surface area contributed by atoms with Gasteiger partial charge in [-0.25, -0.2) is 13.6 Å². The Morgan fingerprint density at radius 3 is 2.52 bits per heavy atom. The van der Waals surface area contributed by atoms with Crippen molar-refractivity contribution in [3.63, 3.8) is 0 Å². The number of rotatable bonds is 5. The topological polar surface area (TPSA) is 64.6 Å². The van der Waals surface area contributed by atoms with Crippen LogP contribution in [0.3, 0.4) is 0 Å². The number of urea groups is 1.